The van der Waals surface area contributed by atoms with Crippen molar-refractivity contribution in [2.45, 2.75) is 41.5 Å². The lowest BCUT2D eigenvalue weighted by molar-refractivity contribution is -0.120. The van der Waals surface area contributed by atoms with Crippen molar-refractivity contribution in [3.05, 3.63) is 53.1 Å². The van der Waals surface area contributed by atoms with E-state index >= 15 is 0 Å². The first-order chi connectivity index (χ1) is 13.3. The molecule has 0 unspecified atom stereocenters. The molecule has 5 nitrogen and oxygen atoms in total. The number of hydrogen-bond acceptors (Lipinski definition) is 3. The van der Waals surface area contributed by atoms with Crippen LogP contribution < -0.4 is 15.1 Å². The first-order valence-electron chi connectivity index (χ1n) is 9.77. The van der Waals surface area contributed by atoms with E-state index in [2.05, 4.69) is 24.1 Å². The fourth-order valence-corrected chi connectivity index (χ4v) is 3.63. The van der Waals surface area contributed by atoms with Crippen molar-refractivity contribution in [2.24, 2.45) is 0 Å². The van der Waals surface area contributed by atoms with E-state index in [9.17, 15) is 9.59 Å². The Hall–Kier alpha value is -2.82. The van der Waals surface area contributed by atoms with Gasteiger partial charge in [-0.15, -0.1) is 0 Å². The van der Waals surface area contributed by atoms with E-state index in [1.165, 1.54) is 6.92 Å². The third-order valence-electron chi connectivity index (χ3n) is 4.87. The Morgan fingerprint density at radius 1 is 0.929 bits per heavy atom. The number of aryl methyl sites for hydroxylation is 3. The molecule has 0 atom stereocenters. The lowest BCUT2D eigenvalue weighted by Crippen LogP contribution is -2.37. The minimum absolute atomic E-state index is 0.0160. The molecule has 150 valence electrons. The average molecular weight is 382 g/mol. The van der Waals surface area contributed by atoms with Gasteiger partial charge in [0, 0.05) is 31.4 Å². The highest BCUT2D eigenvalue weighted by atomic mass is 16.2. The molecule has 1 N–H and O–H groups in total. The first-order valence-corrected chi connectivity index (χ1v) is 9.77. The van der Waals surface area contributed by atoms with Gasteiger partial charge in [-0.2, -0.15) is 0 Å². The predicted molar refractivity (Wildman–Crippen MR) is 117 cm³/mol. The Kier molecular flexibility index (Phi) is 7.21. The monoisotopic (exact) mass is 381 g/mol. The number of carbonyl (C=O) groups excluding carboxylic acids is 2. The molecule has 0 bridgehead atoms. The lowest BCUT2D eigenvalue weighted by Gasteiger charge is -2.25. The summed E-state index contributed by atoms with van der Waals surface area (Å²) in [6.45, 7) is 13.5. The van der Waals surface area contributed by atoms with Gasteiger partial charge in [0.15, 0.2) is 0 Å². The molecule has 2 aromatic carbocycles. The van der Waals surface area contributed by atoms with Gasteiger partial charge in [0.25, 0.3) is 0 Å². The van der Waals surface area contributed by atoms with E-state index in [1.54, 1.807) is 4.90 Å². The van der Waals surface area contributed by atoms with Crippen LogP contribution in [-0.4, -0.2) is 31.4 Å². The SMILES string of the molecule is CCN(CC)c1ccc(NC(=O)CN(C(C)=O)c2c(C)cc(C)cc2C)cc1. The summed E-state index contributed by atoms with van der Waals surface area (Å²) in [5.74, 6) is -0.368. The van der Waals surface area contributed by atoms with Gasteiger partial charge in [-0.25, -0.2) is 0 Å². The largest absolute Gasteiger partial charge is 0.372 e. The minimum atomic E-state index is -0.217. The average Bonchev–Trinajstić information content (AvgIpc) is 2.62. The van der Waals surface area contributed by atoms with Crippen molar-refractivity contribution in [2.75, 3.05) is 34.8 Å². The molecule has 5 heteroatoms. The topological polar surface area (TPSA) is 52.7 Å². The molecule has 0 saturated carbocycles. The van der Waals surface area contributed by atoms with Gasteiger partial charge >= 0.3 is 0 Å². The highest BCUT2D eigenvalue weighted by Crippen LogP contribution is 2.26. The molecule has 0 saturated heterocycles. The fourth-order valence-electron chi connectivity index (χ4n) is 3.63. The van der Waals surface area contributed by atoms with Crippen molar-refractivity contribution in [1.82, 2.24) is 0 Å². The van der Waals surface area contributed by atoms with E-state index < -0.39 is 0 Å². The van der Waals surface area contributed by atoms with Gasteiger partial charge in [0.2, 0.25) is 11.8 Å². The Bertz CT molecular complexity index is 816. The summed E-state index contributed by atoms with van der Waals surface area (Å²) >= 11 is 0. The summed E-state index contributed by atoms with van der Waals surface area (Å²) in [5.41, 5.74) is 5.78. The molecule has 28 heavy (non-hydrogen) atoms. The van der Waals surface area contributed by atoms with Crippen LogP contribution in [0.3, 0.4) is 0 Å². The zero-order chi connectivity index (χ0) is 20.8. The Morgan fingerprint density at radius 3 is 1.93 bits per heavy atom. The molecule has 2 rings (SSSR count). The number of anilines is 3. The van der Waals surface area contributed by atoms with Crippen LogP contribution >= 0.6 is 0 Å². The number of amides is 2. The Morgan fingerprint density at radius 2 is 1.46 bits per heavy atom. The van der Waals surface area contributed by atoms with Crippen molar-refractivity contribution in [3.8, 4) is 0 Å². The predicted octanol–water partition coefficient (Wildman–Crippen LogP) is 4.45. The third-order valence-corrected chi connectivity index (χ3v) is 4.87. The molecule has 0 fully saturated rings. The maximum Gasteiger partial charge on any atom is 0.244 e. The van der Waals surface area contributed by atoms with Crippen LogP contribution in [0, 0.1) is 20.8 Å². The Labute approximate surface area is 168 Å². The number of hydrogen-bond donors (Lipinski definition) is 1. The number of benzene rings is 2. The van der Waals surface area contributed by atoms with Gasteiger partial charge in [-0.1, -0.05) is 17.7 Å². The summed E-state index contributed by atoms with van der Waals surface area (Å²) in [7, 11) is 0. The van der Waals surface area contributed by atoms with Gasteiger partial charge in [0.1, 0.15) is 6.54 Å². The van der Waals surface area contributed by atoms with Crippen molar-refractivity contribution in [1.29, 1.82) is 0 Å². The highest BCUT2D eigenvalue weighted by Gasteiger charge is 2.20. The number of nitrogens with zero attached hydrogens (tertiary/aromatic N) is 2. The normalized spacial score (nSPS) is 10.5. The van der Waals surface area contributed by atoms with Crippen LogP contribution in [0.2, 0.25) is 0 Å². The van der Waals surface area contributed by atoms with Crippen molar-refractivity contribution in [3.63, 3.8) is 0 Å². The molecule has 0 spiro atoms. The van der Waals surface area contributed by atoms with Crippen LogP contribution in [0.1, 0.15) is 37.5 Å². The molecule has 0 aliphatic rings. The summed E-state index contributed by atoms with van der Waals surface area (Å²) < 4.78 is 0. The van der Waals surface area contributed by atoms with Crippen LogP contribution in [-0.2, 0) is 9.59 Å². The van der Waals surface area contributed by atoms with Crippen molar-refractivity contribution >= 4 is 28.9 Å². The van der Waals surface area contributed by atoms with Crippen LogP contribution in [0.15, 0.2) is 36.4 Å². The van der Waals surface area contributed by atoms with E-state index in [-0.39, 0.29) is 18.4 Å². The molecule has 0 heterocycles. The number of nitrogens with one attached hydrogen (secondary N) is 1. The highest BCUT2D eigenvalue weighted by molar-refractivity contribution is 6.02. The summed E-state index contributed by atoms with van der Waals surface area (Å²) in [6.07, 6.45) is 0. The van der Waals surface area contributed by atoms with Crippen LogP contribution in [0.25, 0.3) is 0 Å². The zero-order valence-corrected chi connectivity index (χ0v) is 17.8. The van der Waals surface area contributed by atoms with E-state index in [1.807, 2.05) is 57.2 Å². The van der Waals surface area contributed by atoms with E-state index in [0.717, 1.165) is 46.8 Å². The maximum absolute atomic E-state index is 12.6. The molecular formula is C23H31N3O2. The Balaban J connectivity index is 2.15. The molecule has 2 amide bonds. The van der Waals surface area contributed by atoms with E-state index in [0.29, 0.717) is 0 Å². The molecule has 0 aliphatic heterocycles. The first kappa shape index (κ1) is 21.5. The minimum Gasteiger partial charge on any atom is -0.372 e. The van der Waals surface area contributed by atoms with Gasteiger partial charge in [-0.3, -0.25) is 9.59 Å². The van der Waals surface area contributed by atoms with Gasteiger partial charge < -0.3 is 15.1 Å². The smallest absolute Gasteiger partial charge is 0.244 e. The summed E-state index contributed by atoms with van der Waals surface area (Å²) in [5, 5.41) is 2.90. The standard InChI is InChI=1S/C23H31N3O2/c1-7-25(8-2)21-11-9-20(10-12-21)24-22(28)15-26(19(6)27)23-17(4)13-16(3)14-18(23)5/h9-14H,7-8,15H2,1-6H3,(H,24,28). The zero-order valence-electron chi connectivity index (χ0n) is 17.8. The molecular weight excluding hydrogens is 350 g/mol. The third kappa shape index (κ3) is 5.12. The van der Waals surface area contributed by atoms with Crippen LogP contribution in [0.4, 0.5) is 17.1 Å². The molecule has 0 aromatic heterocycles. The van der Waals surface area contributed by atoms with Gasteiger partial charge in [0.05, 0.1) is 5.69 Å². The number of rotatable bonds is 7. The molecule has 0 radical (unpaired) electrons. The fraction of sp³-hybridized carbons (Fsp3) is 0.391. The quantitative estimate of drug-likeness (QED) is 0.771. The second kappa shape index (κ2) is 9.40. The molecule has 0 aliphatic carbocycles. The van der Waals surface area contributed by atoms with Crippen LogP contribution in [0.5, 0.6) is 0 Å². The molecule has 2 aromatic rings. The van der Waals surface area contributed by atoms with Gasteiger partial charge in [-0.05, 0) is 70.0 Å². The number of carbonyl (C=O) groups is 2. The summed E-state index contributed by atoms with van der Waals surface area (Å²) in [6, 6.07) is 11.8. The van der Waals surface area contributed by atoms with E-state index in [4.69, 9.17) is 0 Å². The second-order valence-electron chi connectivity index (χ2n) is 7.12. The lowest BCUT2D eigenvalue weighted by atomic mass is 10.0. The van der Waals surface area contributed by atoms with Crippen molar-refractivity contribution < 1.29 is 9.59 Å². The second-order valence-corrected chi connectivity index (χ2v) is 7.12. The summed E-state index contributed by atoms with van der Waals surface area (Å²) in [4.78, 5) is 28.6. The maximum atomic E-state index is 12.6.